The standard InChI is InChI=1S/C25H43NO3Si/c1-9-14-21(29-30(7,8)25(3,4)5)16-13-11-12-15-20(10-2)28-24-19-22(27-6)17-18-23(24)26/h9-10,17-21H,1-2,11-16,26H2,3-8H3/t20?,21-/m1/s1. The maximum absolute atomic E-state index is 6.61. The van der Waals surface area contributed by atoms with E-state index in [1.807, 2.05) is 24.3 Å². The van der Waals surface area contributed by atoms with Crippen molar-refractivity contribution in [1.29, 1.82) is 0 Å². The van der Waals surface area contributed by atoms with E-state index in [-0.39, 0.29) is 17.2 Å². The minimum Gasteiger partial charge on any atom is -0.497 e. The van der Waals surface area contributed by atoms with Gasteiger partial charge in [-0.05, 0) is 55.9 Å². The van der Waals surface area contributed by atoms with Crippen LogP contribution in [-0.2, 0) is 4.43 Å². The highest BCUT2D eigenvalue weighted by Crippen LogP contribution is 2.38. The summed E-state index contributed by atoms with van der Waals surface area (Å²) >= 11 is 0. The SMILES string of the molecule is C=CC[C@H](CCCCCC(C=C)Oc1cc(OC)ccc1N)O[Si](C)(C)C(C)(C)C. The molecule has 1 unspecified atom stereocenters. The number of nitrogen functional groups attached to an aromatic ring is 1. The van der Waals surface area contributed by atoms with Gasteiger partial charge in [-0.3, -0.25) is 0 Å². The minimum atomic E-state index is -1.76. The van der Waals surface area contributed by atoms with E-state index >= 15 is 0 Å². The van der Waals surface area contributed by atoms with E-state index in [1.165, 1.54) is 0 Å². The van der Waals surface area contributed by atoms with Gasteiger partial charge in [-0.1, -0.05) is 52.3 Å². The Bertz CT molecular complexity index is 667. The number of rotatable bonds is 14. The van der Waals surface area contributed by atoms with E-state index in [1.54, 1.807) is 13.2 Å². The molecule has 4 nitrogen and oxygen atoms in total. The zero-order valence-corrected chi connectivity index (χ0v) is 21.0. The second-order valence-electron chi connectivity index (χ2n) is 9.46. The van der Waals surface area contributed by atoms with Crippen LogP contribution in [0.25, 0.3) is 0 Å². The Morgan fingerprint density at radius 3 is 2.33 bits per heavy atom. The van der Waals surface area contributed by atoms with Crippen LogP contribution in [0.2, 0.25) is 18.1 Å². The third-order valence-electron chi connectivity index (χ3n) is 5.97. The van der Waals surface area contributed by atoms with E-state index in [9.17, 15) is 0 Å². The number of ether oxygens (including phenoxy) is 2. The summed E-state index contributed by atoms with van der Waals surface area (Å²) < 4.78 is 17.9. The van der Waals surface area contributed by atoms with Crippen molar-refractivity contribution in [3.8, 4) is 11.5 Å². The fraction of sp³-hybridized carbons (Fsp3) is 0.600. The molecule has 1 aromatic rings. The summed E-state index contributed by atoms with van der Waals surface area (Å²) in [7, 11) is -0.123. The molecule has 1 aromatic carbocycles. The average Bonchev–Trinajstić information content (AvgIpc) is 2.67. The molecule has 1 rings (SSSR count). The quantitative estimate of drug-likeness (QED) is 0.147. The molecule has 0 radical (unpaired) electrons. The Balaban J connectivity index is 2.48. The molecule has 0 spiro atoms. The lowest BCUT2D eigenvalue weighted by Gasteiger charge is -2.39. The molecule has 30 heavy (non-hydrogen) atoms. The van der Waals surface area contributed by atoms with E-state index in [4.69, 9.17) is 19.6 Å². The van der Waals surface area contributed by atoms with Crippen molar-refractivity contribution < 1.29 is 13.9 Å². The van der Waals surface area contributed by atoms with Crippen molar-refractivity contribution >= 4 is 14.0 Å². The number of hydrogen-bond acceptors (Lipinski definition) is 4. The monoisotopic (exact) mass is 433 g/mol. The van der Waals surface area contributed by atoms with Gasteiger partial charge in [-0.2, -0.15) is 0 Å². The van der Waals surface area contributed by atoms with Gasteiger partial charge in [0, 0.05) is 12.2 Å². The van der Waals surface area contributed by atoms with Crippen LogP contribution >= 0.6 is 0 Å². The van der Waals surface area contributed by atoms with Crippen molar-refractivity contribution in [2.24, 2.45) is 0 Å². The number of benzene rings is 1. The topological polar surface area (TPSA) is 53.7 Å². The van der Waals surface area contributed by atoms with Gasteiger partial charge in [0.2, 0.25) is 0 Å². The van der Waals surface area contributed by atoms with E-state index < -0.39 is 8.32 Å². The molecule has 0 aliphatic heterocycles. The number of methoxy groups -OCH3 is 1. The van der Waals surface area contributed by atoms with Gasteiger partial charge >= 0.3 is 0 Å². The van der Waals surface area contributed by atoms with Crippen LogP contribution in [0.3, 0.4) is 0 Å². The lowest BCUT2D eigenvalue weighted by molar-refractivity contribution is 0.169. The molecule has 170 valence electrons. The van der Waals surface area contributed by atoms with Crippen LogP contribution in [0, 0.1) is 0 Å². The Hall–Kier alpha value is -1.72. The molecule has 0 fully saturated rings. The second-order valence-corrected chi connectivity index (χ2v) is 14.2. The fourth-order valence-electron chi connectivity index (χ4n) is 3.03. The molecule has 2 N–H and O–H groups in total. The van der Waals surface area contributed by atoms with Crippen LogP contribution in [0.4, 0.5) is 5.69 Å². The third kappa shape index (κ3) is 8.56. The fourth-order valence-corrected chi connectivity index (χ4v) is 4.43. The Morgan fingerprint density at radius 1 is 1.10 bits per heavy atom. The second kappa shape index (κ2) is 12.2. The molecule has 0 aliphatic rings. The number of unbranched alkanes of at least 4 members (excludes halogenated alkanes) is 2. The van der Waals surface area contributed by atoms with Crippen molar-refractivity contribution in [3.63, 3.8) is 0 Å². The maximum Gasteiger partial charge on any atom is 0.192 e. The van der Waals surface area contributed by atoms with E-state index in [0.29, 0.717) is 11.4 Å². The molecule has 0 saturated heterocycles. The highest BCUT2D eigenvalue weighted by atomic mass is 28.4. The van der Waals surface area contributed by atoms with Gasteiger partial charge in [0.05, 0.1) is 12.8 Å². The summed E-state index contributed by atoms with van der Waals surface area (Å²) in [4.78, 5) is 0. The molecule has 0 heterocycles. The Kier molecular flexibility index (Phi) is 10.7. The summed E-state index contributed by atoms with van der Waals surface area (Å²) in [6.45, 7) is 19.3. The number of hydrogen-bond donors (Lipinski definition) is 1. The highest BCUT2D eigenvalue weighted by Gasteiger charge is 2.38. The summed E-state index contributed by atoms with van der Waals surface area (Å²) in [6.07, 6.45) is 10.3. The van der Waals surface area contributed by atoms with Crippen molar-refractivity contribution in [3.05, 3.63) is 43.5 Å². The normalized spacial score (nSPS) is 14.1. The third-order valence-corrected chi connectivity index (χ3v) is 10.5. The van der Waals surface area contributed by atoms with Crippen molar-refractivity contribution in [1.82, 2.24) is 0 Å². The first-order chi connectivity index (χ1) is 14.0. The summed E-state index contributed by atoms with van der Waals surface area (Å²) in [6, 6.07) is 5.46. The van der Waals surface area contributed by atoms with Gasteiger partial charge in [0.25, 0.3) is 0 Å². The minimum absolute atomic E-state index is 0.0631. The lowest BCUT2D eigenvalue weighted by atomic mass is 10.1. The van der Waals surface area contributed by atoms with Gasteiger partial charge in [0.1, 0.15) is 17.6 Å². The maximum atomic E-state index is 6.61. The molecule has 2 atom stereocenters. The van der Waals surface area contributed by atoms with Crippen LogP contribution < -0.4 is 15.2 Å². The predicted octanol–water partition coefficient (Wildman–Crippen LogP) is 7.13. The van der Waals surface area contributed by atoms with Gasteiger partial charge in [-0.15, -0.1) is 6.58 Å². The molecular weight excluding hydrogens is 390 g/mol. The molecule has 0 aromatic heterocycles. The van der Waals surface area contributed by atoms with Crippen LogP contribution in [-0.4, -0.2) is 27.6 Å². The predicted molar refractivity (Wildman–Crippen MR) is 132 cm³/mol. The Morgan fingerprint density at radius 2 is 1.77 bits per heavy atom. The number of nitrogens with two attached hydrogens (primary N) is 1. The largest absolute Gasteiger partial charge is 0.497 e. The number of anilines is 1. The Labute approximate surface area is 185 Å². The summed E-state index contributed by atoms with van der Waals surface area (Å²) in [5.74, 6) is 1.38. The van der Waals surface area contributed by atoms with Gasteiger partial charge < -0.3 is 19.6 Å². The molecule has 0 aliphatic carbocycles. The van der Waals surface area contributed by atoms with Crippen LogP contribution in [0.15, 0.2) is 43.5 Å². The first-order valence-electron chi connectivity index (χ1n) is 11.1. The first kappa shape index (κ1) is 26.3. The molecule has 0 amide bonds. The average molecular weight is 434 g/mol. The zero-order chi connectivity index (χ0) is 22.8. The molecule has 0 saturated carbocycles. The van der Waals surface area contributed by atoms with Crippen molar-refractivity contribution in [2.45, 2.75) is 89.6 Å². The molecule has 5 heteroatoms. The zero-order valence-electron chi connectivity index (χ0n) is 20.0. The van der Waals surface area contributed by atoms with Crippen LogP contribution in [0.1, 0.15) is 59.3 Å². The van der Waals surface area contributed by atoms with Gasteiger partial charge in [0.15, 0.2) is 8.32 Å². The summed E-state index contributed by atoms with van der Waals surface area (Å²) in [5.41, 5.74) is 6.64. The van der Waals surface area contributed by atoms with Gasteiger partial charge in [-0.25, -0.2) is 0 Å². The first-order valence-corrected chi connectivity index (χ1v) is 14.0. The van der Waals surface area contributed by atoms with E-state index in [2.05, 4.69) is 47.0 Å². The highest BCUT2D eigenvalue weighted by molar-refractivity contribution is 6.74. The van der Waals surface area contributed by atoms with Crippen LogP contribution in [0.5, 0.6) is 11.5 Å². The molecule has 0 bridgehead atoms. The smallest absolute Gasteiger partial charge is 0.192 e. The summed E-state index contributed by atoms with van der Waals surface area (Å²) in [5, 5.41) is 0.225. The molecular formula is C25H43NO3Si. The van der Waals surface area contributed by atoms with E-state index in [0.717, 1.165) is 44.3 Å². The van der Waals surface area contributed by atoms with Crippen molar-refractivity contribution in [2.75, 3.05) is 12.8 Å². The lowest BCUT2D eigenvalue weighted by Crippen LogP contribution is -2.43.